The van der Waals surface area contributed by atoms with Gasteiger partial charge in [-0.15, -0.1) is 12.4 Å². The fourth-order valence-electron chi connectivity index (χ4n) is 1.59. The van der Waals surface area contributed by atoms with Crippen LogP contribution >= 0.6 is 12.4 Å². The molecule has 0 saturated heterocycles. The number of hydrogen-bond donors (Lipinski definition) is 1. The lowest BCUT2D eigenvalue weighted by atomic mass is 10.1. The average molecular weight is 263 g/mol. The van der Waals surface area contributed by atoms with Crippen molar-refractivity contribution in [1.82, 2.24) is 10.3 Å². The van der Waals surface area contributed by atoms with E-state index in [0.717, 1.165) is 5.56 Å². The molecule has 2 aromatic rings. The molecule has 0 saturated carbocycles. The van der Waals surface area contributed by atoms with E-state index in [1.54, 1.807) is 24.5 Å². The van der Waals surface area contributed by atoms with E-state index >= 15 is 0 Å². The maximum atomic E-state index is 11.8. The molecule has 0 aliphatic carbocycles. The zero-order valence-electron chi connectivity index (χ0n) is 10.1. The van der Waals surface area contributed by atoms with Gasteiger partial charge in [-0.2, -0.15) is 0 Å². The van der Waals surface area contributed by atoms with Gasteiger partial charge in [0.1, 0.15) is 0 Å². The SMILES string of the molecule is Cc1ccccc1CNC(=O)c1ccncc1.Cl. The quantitative estimate of drug-likeness (QED) is 0.924. The standard InChI is InChI=1S/C14H14N2O.ClH/c1-11-4-2-3-5-13(11)10-16-14(17)12-6-8-15-9-7-12;/h2-9H,10H2,1H3,(H,16,17);1H. The smallest absolute Gasteiger partial charge is 0.251 e. The van der Waals surface area contributed by atoms with Crippen LogP contribution in [0.15, 0.2) is 48.8 Å². The van der Waals surface area contributed by atoms with Crippen LogP contribution in [-0.2, 0) is 6.54 Å². The van der Waals surface area contributed by atoms with Gasteiger partial charge in [0.15, 0.2) is 0 Å². The second-order valence-electron chi connectivity index (χ2n) is 3.85. The number of pyridine rings is 1. The molecule has 3 nitrogen and oxygen atoms in total. The first kappa shape index (κ1) is 14.2. The van der Waals surface area contributed by atoms with Crippen molar-refractivity contribution >= 4 is 18.3 Å². The normalized spacial score (nSPS) is 9.39. The third-order valence-electron chi connectivity index (χ3n) is 2.64. The molecule has 4 heteroatoms. The van der Waals surface area contributed by atoms with Crippen LogP contribution < -0.4 is 5.32 Å². The number of carbonyl (C=O) groups excluding carboxylic acids is 1. The summed E-state index contributed by atoms with van der Waals surface area (Å²) >= 11 is 0. The molecule has 0 radical (unpaired) electrons. The van der Waals surface area contributed by atoms with Crippen LogP contribution in [0.2, 0.25) is 0 Å². The summed E-state index contributed by atoms with van der Waals surface area (Å²) in [5.74, 6) is -0.0735. The number of aromatic nitrogens is 1. The van der Waals surface area contributed by atoms with Crippen LogP contribution in [0.3, 0.4) is 0 Å². The molecule has 0 atom stereocenters. The molecular weight excluding hydrogens is 248 g/mol. The number of hydrogen-bond acceptors (Lipinski definition) is 2. The average Bonchev–Trinajstić information content (AvgIpc) is 2.38. The Morgan fingerprint density at radius 2 is 1.83 bits per heavy atom. The molecule has 1 N–H and O–H groups in total. The Morgan fingerprint density at radius 3 is 2.50 bits per heavy atom. The van der Waals surface area contributed by atoms with Crippen molar-refractivity contribution in [2.24, 2.45) is 0 Å². The molecule has 2 rings (SSSR count). The lowest BCUT2D eigenvalue weighted by Gasteiger charge is -2.07. The molecule has 0 aliphatic rings. The predicted octanol–water partition coefficient (Wildman–Crippen LogP) is 2.74. The van der Waals surface area contributed by atoms with E-state index in [9.17, 15) is 4.79 Å². The maximum Gasteiger partial charge on any atom is 0.251 e. The fraction of sp³-hybridized carbons (Fsp3) is 0.143. The van der Waals surface area contributed by atoms with Gasteiger partial charge in [0.05, 0.1) is 0 Å². The van der Waals surface area contributed by atoms with Crippen LogP contribution in [0, 0.1) is 6.92 Å². The highest BCUT2D eigenvalue weighted by Crippen LogP contribution is 2.06. The van der Waals surface area contributed by atoms with Crippen molar-refractivity contribution in [2.45, 2.75) is 13.5 Å². The van der Waals surface area contributed by atoms with Crippen LogP contribution in [-0.4, -0.2) is 10.9 Å². The van der Waals surface area contributed by atoms with Crippen molar-refractivity contribution in [3.63, 3.8) is 0 Å². The van der Waals surface area contributed by atoms with E-state index in [2.05, 4.69) is 10.3 Å². The molecule has 0 unspecified atom stereocenters. The number of benzene rings is 1. The number of rotatable bonds is 3. The van der Waals surface area contributed by atoms with E-state index in [0.29, 0.717) is 12.1 Å². The minimum atomic E-state index is -0.0735. The Hall–Kier alpha value is -1.87. The highest BCUT2D eigenvalue weighted by atomic mass is 35.5. The number of nitrogens with zero attached hydrogens (tertiary/aromatic N) is 1. The molecule has 1 heterocycles. The van der Waals surface area contributed by atoms with Crippen LogP contribution in [0.25, 0.3) is 0 Å². The highest BCUT2D eigenvalue weighted by Gasteiger charge is 2.04. The minimum Gasteiger partial charge on any atom is -0.348 e. The molecule has 1 aromatic carbocycles. The summed E-state index contributed by atoms with van der Waals surface area (Å²) in [6.45, 7) is 2.59. The summed E-state index contributed by atoms with van der Waals surface area (Å²) in [6, 6.07) is 11.4. The topological polar surface area (TPSA) is 42.0 Å². The van der Waals surface area contributed by atoms with Crippen molar-refractivity contribution in [3.05, 3.63) is 65.5 Å². The van der Waals surface area contributed by atoms with Gasteiger partial charge in [-0.25, -0.2) is 0 Å². The summed E-state index contributed by atoms with van der Waals surface area (Å²) in [4.78, 5) is 15.7. The molecule has 1 aromatic heterocycles. The summed E-state index contributed by atoms with van der Waals surface area (Å²) < 4.78 is 0. The van der Waals surface area contributed by atoms with Crippen molar-refractivity contribution in [1.29, 1.82) is 0 Å². The van der Waals surface area contributed by atoms with Crippen LogP contribution in [0.5, 0.6) is 0 Å². The molecule has 0 fully saturated rings. The van der Waals surface area contributed by atoms with E-state index in [1.807, 2.05) is 31.2 Å². The van der Waals surface area contributed by atoms with Gasteiger partial charge in [0.2, 0.25) is 0 Å². The zero-order chi connectivity index (χ0) is 12.1. The third-order valence-corrected chi connectivity index (χ3v) is 2.64. The second kappa shape index (κ2) is 6.77. The van der Waals surface area contributed by atoms with E-state index in [4.69, 9.17) is 0 Å². The Balaban J connectivity index is 0.00000162. The Labute approximate surface area is 113 Å². The first-order chi connectivity index (χ1) is 8.27. The van der Waals surface area contributed by atoms with Gasteiger partial charge < -0.3 is 5.32 Å². The largest absolute Gasteiger partial charge is 0.348 e. The Bertz CT molecular complexity index is 514. The van der Waals surface area contributed by atoms with Gasteiger partial charge in [0, 0.05) is 24.5 Å². The summed E-state index contributed by atoms with van der Waals surface area (Å²) in [7, 11) is 0. The molecule has 1 amide bonds. The zero-order valence-corrected chi connectivity index (χ0v) is 10.9. The van der Waals surface area contributed by atoms with Crippen molar-refractivity contribution in [3.8, 4) is 0 Å². The monoisotopic (exact) mass is 262 g/mol. The Morgan fingerprint density at radius 1 is 1.17 bits per heavy atom. The van der Waals surface area contributed by atoms with Gasteiger partial charge in [-0.1, -0.05) is 24.3 Å². The van der Waals surface area contributed by atoms with Gasteiger partial charge in [0.25, 0.3) is 5.91 Å². The van der Waals surface area contributed by atoms with Gasteiger partial charge in [-0.3, -0.25) is 9.78 Å². The van der Waals surface area contributed by atoms with Crippen LogP contribution in [0.4, 0.5) is 0 Å². The highest BCUT2D eigenvalue weighted by molar-refractivity contribution is 5.93. The van der Waals surface area contributed by atoms with Crippen molar-refractivity contribution in [2.75, 3.05) is 0 Å². The lowest BCUT2D eigenvalue weighted by molar-refractivity contribution is 0.0951. The maximum absolute atomic E-state index is 11.8. The molecule has 94 valence electrons. The Kier molecular flexibility index (Phi) is 5.33. The third kappa shape index (κ3) is 3.57. The molecular formula is C14H15ClN2O. The van der Waals surface area contributed by atoms with E-state index in [1.165, 1.54) is 5.56 Å². The number of halogens is 1. The summed E-state index contributed by atoms with van der Waals surface area (Å²) in [6.07, 6.45) is 3.23. The van der Waals surface area contributed by atoms with Gasteiger partial charge in [-0.05, 0) is 30.2 Å². The molecule has 0 bridgehead atoms. The number of amides is 1. The van der Waals surface area contributed by atoms with E-state index < -0.39 is 0 Å². The first-order valence-corrected chi connectivity index (χ1v) is 5.50. The number of nitrogens with one attached hydrogen (secondary N) is 1. The van der Waals surface area contributed by atoms with Gasteiger partial charge >= 0.3 is 0 Å². The molecule has 18 heavy (non-hydrogen) atoms. The minimum absolute atomic E-state index is 0. The fourth-order valence-corrected chi connectivity index (χ4v) is 1.59. The molecule has 0 aliphatic heterocycles. The summed E-state index contributed by atoms with van der Waals surface area (Å²) in [5.41, 5.74) is 2.95. The molecule has 0 spiro atoms. The van der Waals surface area contributed by atoms with E-state index in [-0.39, 0.29) is 18.3 Å². The summed E-state index contributed by atoms with van der Waals surface area (Å²) in [5, 5.41) is 2.89. The predicted molar refractivity (Wildman–Crippen MR) is 73.8 cm³/mol. The van der Waals surface area contributed by atoms with Crippen molar-refractivity contribution < 1.29 is 4.79 Å². The number of carbonyl (C=O) groups is 1. The van der Waals surface area contributed by atoms with Crippen LogP contribution in [0.1, 0.15) is 21.5 Å². The number of aryl methyl sites for hydroxylation is 1. The second-order valence-corrected chi connectivity index (χ2v) is 3.85. The first-order valence-electron chi connectivity index (χ1n) is 5.50. The lowest BCUT2D eigenvalue weighted by Crippen LogP contribution is -2.23.